The number of nitrogens with zero attached hydrogens (tertiary/aromatic N) is 2. The molecule has 0 aliphatic carbocycles. The number of carbonyl (C=O) groups excluding carboxylic acids is 1. The van der Waals surface area contributed by atoms with Crippen LogP contribution in [0.15, 0.2) is 42.5 Å². The van der Waals surface area contributed by atoms with Gasteiger partial charge in [-0.3, -0.25) is 9.69 Å². The van der Waals surface area contributed by atoms with Crippen LogP contribution in [0.3, 0.4) is 0 Å². The molecule has 2 aromatic rings. The lowest BCUT2D eigenvalue weighted by Crippen LogP contribution is -2.46. The van der Waals surface area contributed by atoms with Crippen molar-refractivity contribution in [2.45, 2.75) is 39.3 Å². The van der Waals surface area contributed by atoms with Crippen LogP contribution in [0, 0.1) is 12.7 Å². The number of benzene rings is 2. The van der Waals surface area contributed by atoms with Gasteiger partial charge in [0.1, 0.15) is 5.82 Å². The third kappa shape index (κ3) is 4.43. The maximum Gasteiger partial charge on any atom is 0.224 e. The Bertz CT molecular complexity index is 770. The van der Waals surface area contributed by atoms with Crippen LogP contribution < -0.4 is 4.90 Å². The minimum Gasteiger partial charge on any atom is -0.309 e. The van der Waals surface area contributed by atoms with Crippen LogP contribution in [0.25, 0.3) is 0 Å². The van der Waals surface area contributed by atoms with E-state index in [1.165, 1.54) is 11.6 Å². The number of likely N-dealkylation sites (tertiary alicyclic amines) is 1. The van der Waals surface area contributed by atoms with E-state index in [4.69, 9.17) is 11.6 Å². The molecule has 0 bridgehead atoms. The Morgan fingerprint density at radius 3 is 2.42 bits per heavy atom. The van der Waals surface area contributed by atoms with Crippen molar-refractivity contribution in [3.63, 3.8) is 0 Å². The Labute approximate surface area is 159 Å². The van der Waals surface area contributed by atoms with Crippen molar-refractivity contribution in [2.24, 2.45) is 0 Å². The fourth-order valence-electron chi connectivity index (χ4n) is 3.57. The first-order valence-corrected chi connectivity index (χ1v) is 9.34. The highest BCUT2D eigenvalue weighted by Gasteiger charge is 2.27. The second-order valence-corrected chi connectivity index (χ2v) is 7.39. The summed E-state index contributed by atoms with van der Waals surface area (Å²) in [5.41, 5.74) is 2.48. The molecule has 1 aliphatic heterocycles. The first-order chi connectivity index (χ1) is 12.4. The quantitative estimate of drug-likeness (QED) is 0.767. The number of hydrogen-bond acceptors (Lipinski definition) is 2. The Kier molecular flexibility index (Phi) is 5.94. The van der Waals surface area contributed by atoms with Crippen LogP contribution >= 0.6 is 11.6 Å². The van der Waals surface area contributed by atoms with Gasteiger partial charge in [-0.2, -0.15) is 0 Å². The number of rotatable bonds is 4. The number of halogens is 2. The largest absolute Gasteiger partial charge is 0.309 e. The van der Waals surface area contributed by atoms with Crippen molar-refractivity contribution in [3.8, 4) is 0 Å². The minimum absolute atomic E-state index is 0.0376. The zero-order chi connectivity index (χ0) is 18.7. The van der Waals surface area contributed by atoms with E-state index in [0.29, 0.717) is 11.3 Å². The van der Waals surface area contributed by atoms with Gasteiger partial charge in [0.15, 0.2) is 0 Å². The van der Waals surface area contributed by atoms with Crippen molar-refractivity contribution in [1.82, 2.24) is 4.90 Å². The molecule has 26 heavy (non-hydrogen) atoms. The van der Waals surface area contributed by atoms with E-state index in [-0.39, 0.29) is 17.8 Å². The normalized spacial score (nSPS) is 15.8. The average Bonchev–Trinajstić information content (AvgIpc) is 2.61. The van der Waals surface area contributed by atoms with Gasteiger partial charge in [0, 0.05) is 43.3 Å². The fourth-order valence-corrected chi connectivity index (χ4v) is 3.69. The standard InChI is InChI=1S/C21H24ClFN2O/c1-15-3-8-20(13-21(15)23)25(16(2)26)19-9-11-24(12-10-19)14-17-4-6-18(22)7-5-17/h3-8,13,19H,9-12,14H2,1-2H3. The highest BCUT2D eigenvalue weighted by molar-refractivity contribution is 6.30. The molecule has 1 heterocycles. The molecule has 2 aromatic carbocycles. The summed E-state index contributed by atoms with van der Waals surface area (Å²) in [4.78, 5) is 16.4. The Balaban J connectivity index is 1.65. The molecule has 1 fully saturated rings. The third-order valence-corrected chi connectivity index (χ3v) is 5.27. The SMILES string of the molecule is CC(=O)N(c1ccc(C)c(F)c1)C1CCN(Cc2ccc(Cl)cc2)CC1. The van der Waals surface area contributed by atoms with Crippen LogP contribution in [0.5, 0.6) is 0 Å². The predicted molar refractivity (Wildman–Crippen MR) is 104 cm³/mol. The van der Waals surface area contributed by atoms with Gasteiger partial charge in [-0.25, -0.2) is 4.39 Å². The number of hydrogen-bond donors (Lipinski definition) is 0. The zero-order valence-electron chi connectivity index (χ0n) is 15.2. The number of piperidine rings is 1. The second-order valence-electron chi connectivity index (χ2n) is 6.96. The molecule has 0 atom stereocenters. The molecule has 0 radical (unpaired) electrons. The summed E-state index contributed by atoms with van der Waals surface area (Å²) in [7, 11) is 0. The molecule has 1 saturated heterocycles. The first kappa shape index (κ1) is 18.9. The fraction of sp³-hybridized carbons (Fsp3) is 0.381. The van der Waals surface area contributed by atoms with Crippen molar-refractivity contribution < 1.29 is 9.18 Å². The van der Waals surface area contributed by atoms with Gasteiger partial charge in [0.25, 0.3) is 0 Å². The smallest absolute Gasteiger partial charge is 0.224 e. The van der Waals surface area contributed by atoms with Crippen molar-refractivity contribution in [2.75, 3.05) is 18.0 Å². The van der Waals surface area contributed by atoms with E-state index in [1.54, 1.807) is 24.8 Å². The summed E-state index contributed by atoms with van der Waals surface area (Å²) >= 11 is 5.94. The van der Waals surface area contributed by atoms with E-state index in [2.05, 4.69) is 4.90 Å². The second kappa shape index (κ2) is 8.19. The monoisotopic (exact) mass is 374 g/mol. The Morgan fingerprint density at radius 1 is 1.19 bits per heavy atom. The molecule has 0 saturated carbocycles. The summed E-state index contributed by atoms with van der Waals surface area (Å²) in [6.45, 7) is 5.98. The molecule has 0 spiro atoms. The third-order valence-electron chi connectivity index (χ3n) is 5.01. The molecule has 0 unspecified atom stereocenters. The summed E-state index contributed by atoms with van der Waals surface area (Å²) in [6, 6.07) is 13.1. The van der Waals surface area contributed by atoms with Gasteiger partial charge < -0.3 is 4.90 Å². The van der Waals surface area contributed by atoms with Crippen LogP contribution in [-0.4, -0.2) is 29.9 Å². The molecule has 0 aromatic heterocycles. The van der Waals surface area contributed by atoms with Gasteiger partial charge in [-0.15, -0.1) is 0 Å². The minimum atomic E-state index is -0.270. The van der Waals surface area contributed by atoms with E-state index in [0.717, 1.165) is 37.5 Å². The number of carbonyl (C=O) groups is 1. The number of anilines is 1. The van der Waals surface area contributed by atoms with Gasteiger partial charge in [0.2, 0.25) is 5.91 Å². The molecule has 1 amide bonds. The molecule has 5 heteroatoms. The van der Waals surface area contributed by atoms with Crippen LogP contribution in [0.4, 0.5) is 10.1 Å². The Morgan fingerprint density at radius 2 is 1.85 bits per heavy atom. The van der Waals surface area contributed by atoms with Crippen LogP contribution in [-0.2, 0) is 11.3 Å². The van der Waals surface area contributed by atoms with Gasteiger partial charge in [0.05, 0.1) is 0 Å². The maximum absolute atomic E-state index is 13.9. The molecule has 138 valence electrons. The highest BCUT2D eigenvalue weighted by atomic mass is 35.5. The van der Waals surface area contributed by atoms with Gasteiger partial charge >= 0.3 is 0 Å². The maximum atomic E-state index is 13.9. The lowest BCUT2D eigenvalue weighted by molar-refractivity contribution is -0.117. The van der Waals surface area contributed by atoms with E-state index in [1.807, 2.05) is 30.3 Å². The summed E-state index contributed by atoms with van der Waals surface area (Å²) in [5, 5.41) is 0.745. The van der Waals surface area contributed by atoms with Crippen molar-refractivity contribution >= 4 is 23.2 Å². The van der Waals surface area contributed by atoms with E-state index in [9.17, 15) is 9.18 Å². The zero-order valence-corrected chi connectivity index (χ0v) is 16.0. The van der Waals surface area contributed by atoms with E-state index < -0.39 is 0 Å². The van der Waals surface area contributed by atoms with Gasteiger partial charge in [-0.1, -0.05) is 29.8 Å². The number of aryl methyl sites for hydroxylation is 1. The number of amides is 1. The summed E-state index contributed by atoms with van der Waals surface area (Å²) in [6.07, 6.45) is 1.76. The predicted octanol–water partition coefficient (Wildman–Crippen LogP) is 4.81. The first-order valence-electron chi connectivity index (χ1n) is 8.97. The molecule has 3 nitrogen and oxygen atoms in total. The molecular weight excluding hydrogens is 351 g/mol. The van der Waals surface area contributed by atoms with Gasteiger partial charge in [-0.05, 0) is 55.2 Å². The molecule has 1 aliphatic rings. The van der Waals surface area contributed by atoms with Crippen molar-refractivity contribution in [3.05, 3.63) is 64.4 Å². The lowest BCUT2D eigenvalue weighted by atomic mass is 10.0. The topological polar surface area (TPSA) is 23.6 Å². The van der Waals surface area contributed by atoms with Crippen LogP contribution in [0.1, 0.15) is 30.9 Å². The molecular formula is C21H24ClFN2O. The Hall–Kier alpha value is -1.91. The molecule has 3 rings (SSSR count). The lowest BCUT2D eigenvalue weighted by Gasteiger charge is -2.38. The molecule has 0 N–H and O–H groups in total. The average molecular weight is 375 g/mol. The highest BCUT2D eigenvalue weighted by Crippen LogP contribution is 2.26. The summed E-state index contributed by atoms with van der Waals surface area (Å²) < 4.78 is 13.9. The van der Waals surface area contributed by atoms with Crippen LogP contribution in [0.2, 0.25) is 5.02 Å². The van der Waals surface area contributed by atoms with Crippen molar-refractivity contribution in [1.29, 1.82) is 0 Å². The summed E-state index contributed by atoms with van der Waals surface area (Å²) in [5.74, 6) is -0.307. The van der Waals surface area contributed by atoms with E-state index >= 15 is 0 Å².